The predicted octanol–water partition coefficient (Wildman–Crippen LogP) is 3.00. The second-order valence-electron chi connectivity index (χ2n) is 7.56. The van der Waals surface area contributed by atoms with Crippen LogP contribution in [0.3, 0.4) is 0 Å². The molecule has 7 nitrogen and oxygen atoms in total. The minimum absolute atomic E-state index is 0. The Morgan fingerprint density at radius 2 is 2.11 bits per heavy atom. The molecule has 0 aliphatic carbocycles. The molecule has 0 atom stereocenters. The molecular weight excluding hydrogens is 467 g/mol. The lowest BCUT2D eigenvalue weighted by molar-refractivity contribution is -0.130. The summed E-state index contributed by atoms with van der Waals surface area (Å²) in [6, 6.07) is 0. The van der Waals surface area contributed by atoms with Crippen LogP contribution < -0.4 is 10.6 Å². The van der Waals surface area contributed by atoms with Crippen LogP contribution in [0.4, 0.5) is 0 Å². The Morgan fingerprint density at radius 3 is 2.86 bits per heavy atom. The Hall–Kier alpha value is -1.32. The number of aliphatic imine (C=N–C) groups is 1. The van der Waals surface area contributed by atoms with Gasteiger partial charge in [-0.25, -0.2) is 9.98 Å². The maximum Gasteiger partial charge on any atom is 0.222 e. The van der Waals surface area contributed by atoms with Crippen molar-refractivity contribution in [2.45, 2.75) is 66.0 Å². The van der Waals surface area contributed by atoms with E-state index in [0.717, 1.165) is 63.8 Å². The molecule has 1 saturated heterocycles. The second-order valence-corrected chi connectivity index (χ2v) is 7.56. The summed E-state index contributed by atoms with van der Waals surface area (Å²) in [5.41, 5.74) is 0. The van der Waals surface area contributed by atoms with Crippen molar-refractivity contribution in [3.63, 3.8) is 0 Å². The zero-order chi connectivity index (χ0) is 19.5. The number of likely N-dealkylation sites (tertiary alicyclic amines) is 1. The van der Waals surface area contributed by atoms with Gasteiger partial charge in [0.1, 0.15) is 12.4 Å². The fourth-order valence-corrected chi connectivity index (χ4v) is 3.29. The third kappa shape index (κ3) is 8.79. The van der Waals surface area contributed by atoms with Gasteiger partial charge in [-0.1, -0.05) is 20.3 Å². The molecule has 2 rings (SSSR count). The number of guanidine groups is 1. The predicted molar refractivity (Wildman–Crippen MR) is 125 cm³/mol. The minimum atomic E-state index is 0. The SMILES string of the molecule is CCNC(=NCc1nccn1CC(C)C)NCCCN1CCCCCC1=O.I. The van der Waals surface area contributed by atoms with E-state index >= 15 is 0 Å². The van der Waals surface area contributed by atoms with Gasteiger partial charge in [0, 0.05) is 51.5 Å². The molecule has 1 aliphatic rings. The highest BCUT2D eigenvalue weighted by Crippen LogP contribution is 2.11. The van der Waals surface area contributed by atoms with Crippen LogP contribution in [0.15, 0.2) is 17.4 Å². The van der Waals surface area contributed by atoms with Gasteiger partial charge in [0.15, 0.2) is 5.96 Å². The fraction of sp³-hybridized carbons (Fsp3) is 0.750. The number of nitrogens with zero attached hydrogens (tertiary/aromatic N) is 4. The Morgan fingerprint density at radius 1 is 1.29 bits per heavy atom. The zero-order valence-corrected chi connectivity index (χ0v) is 19.9. The quantitative estimate of drug-likeness (QED) is 0.235. The van der Waals surface area contributed by atoms with Crippen LogP contribution in [0.25, 0.3) is 0 Å². The lowest BCUT2D eigenvalue weighted by Crippen LogP contribution is -2.39. The van der Waals surface area contributed by atoms with E-state index in [4.69, 9.17) is 0 Å². The summed E-state index contributed by atoms with van der Waals surface area (Å²) in [4.78, 5) is 23.2. The van der Waals surface area contributed by atoms with Gasteiger partial charge in [-0.05, 0) is 32.1 Å². The molecule has 0 saturated carbocycles. The molecule has 1 aromatic rings. The van der Waals surface area contributed by atoms with Gasteiger partial charge in [-0.3, -0.25) is 4.79 Å². The summed E-state index contributed by atoms with van der Waals surface area (Å²) in [6.45, 7) is 11.3. The Labute approximate surface area is 186 Å². The molecule has 0 radical (unpaired) electrons. The molecule has 1 fully saturated rings. The van der Waals surface area contributed by atoms with Crippen molar-refractivity contribution in [3.8, 4) is 0 Å². The van der Waals surface area contributed by atoms with E-state index in [1.165, 1.54) is 6.42 Å². The number of hydrogen-bond donors (Lipinski definition) is 2. The van der Waals surface area contributed by atoms with E-state index in [0.29, 0.717) is 24.8 Å². The average molecular weight is 504 g/mol. The molecule has 0 spiro atoms. The third-order valence-electron chi connectivity index (χ3n) is 4.65. The first-order chi connectivity index (χ1) is 13.1. The van der Waals surface area contributed by atoms with E-state index in [2.05, 4.69) is 45.9 Å². The van der Waals surface area contributed by atoms with E-state index in [1.807, 2.05) is 17.3 Å². The highest BCUT2D eigenvalue weighted by atomic mass is 127. The van der Waals surface area contributed by atoms with E-state index in [1.54, 1.807) is 0 Å². The van der Waals surface area contributed by atoms with Crippen molar-refractivity contribution in [1.29, 1.82) is 0 Å². The van der Waals surface area contributed by atoms with Crippen LogP contribution in [0.5, 0.6) is 0 Å². The van der Waals surface area contributed by atoms with Crippen molar-refractivity contribution in [1.82, 2.24) is 25.1 Å². The van der Waals surface area contributed by atoms with Crippen LogP contribution in [-0.2, 0) is 17.9 Å². The molecule has 2 N–H and O–H groups in total. The average Bonchev–Trinajstić information content (AvgIpc) is 2.96. The number of imidazole rings is 1. The Bertz CT molecular complexity index is 601. The fourth-order valence-electron chi connectivity index (χ4n) is 3.29. The normalized spacial score (nSPS) is 15.4. The van der Waals surface area contributed by atoms with Crippen molar-refractivity contribution in [2.75, 3.05) is 26.2 Å². The molecule has 1 aromatic heterocycles. The molecule has 160 valence electrons. The van der Waals surface area contributed by atoms with Crippen LogP contribution >= 0.6 is 24.0 Å². The van der Waals surface area contributed by atoms with Crippen LogP contribution in [-0.4, -0.2) is 52.5 Å². The van der Waals surface area contributed by atoms with Crippen molar-refractivity contribution in [2.24, 2.45) is 10.9 Å². The maximum atomic E-state index is 12.0. The molecule has 0 bridgehead atoms. The minimum Gasteiger partial charge on any atom is -0.357 e. The monoisotopic (exact) mass is 504 g/mol. The van der Waals surface area contributed by atoms with Gasteiger partial charge in [-0.15, -0.1) is 24.0 Å². The number of carbonyl (C=O) groups is 1. The second kappa shape index (κ2) is 13.8. The topological polar surface area (TPSA) is 74.6 Å². The maximum absolute atomic E-state index is 12.0. The molecule has 0 aromatic carbocycles. The van der Waals surface area contributed by atoms with E-state index < -0.39 is 0 Å². The molecule has 1 aliphatic heterocycles. The van der Waals surface area contributed by atoms with Gasteiger partial charge < -0.3 is 20.1 Å². The van der Waals surface area contributed by atoms with E-state index in [-0.39, 0.29) is 24.0 Å². The molecule has 8 heteroatoms. The third-order valence-corrected chi connectivity index (χ3v) is 4.65. The van der Waals surface area contributed by atoms with Gasteiger partial charge >= 0.3 is 0 Å². The Kier molecular flexibility index (Phi) is 12.2. The number of hydrogen-bond acceptors (Lipinski definition) is 3. The number of carbonyl (C=O) groups excluding carboxylic acids is 1. The first-order valence-corrected chi connectivity index (χ1v) is 10.4. The summed E-state index contributed by atoms with van der Waals surface area (Å²) >= 11 is 0. The number of aromatic nitrogens is 2. The summed E-state index contributed by atoms with van der Waals surface area (Å²) < 4.78 is 2.17. The largest absolute Gasteiger partial charge is 0.357 e. The van der Waals surface area contributed by atoms with Crippen LogP contribution in [0.1, 0.15) is 58.7 Å². The highest BCUT2D eigenvalue weighted by molar-refractivity contribution is 14.0. The lowest BCUT2D eigenvalue weighted by Gasteiger charge is -2.20. The van der Waals surface area contributed by atoms with Crippen molar-refractivity contribution in [3.05, 3.63) is 18.2 Å². The number of halogens is 1. The number of rotatable bonds is 9. The lowest BCUT2D eigenvalue weighted by atomic mass is 10.2. The molecule has 1 amide bonds. The van der Waals surface area contributed by atoms with Crippen molar-refractivity contribution < 1.29 is 4.79 Å². The van der Waals surface area contributed by atoms with Gasteiger partial charge in [0.2, 0.25) is 5.91 Å². The number of nitrogens with one attached hydrogen (secondary N) is 2. The first-order valence-electron chi connectivity index (χ1n) is 10.4. The molecular formula is C20H37IN6O. The van der Waals surface area contributed by atoms with Gasteiger partial charge in [-0.2, -0.15) is 0 Å². The summed E-state index contributed by atoms with van der Waals surface area (Å²) in [7, 11) is 0. The van der Waals surface area contributed by atoms with Crippen LogP contribution in [0.2, 0.25) is 0 Å². The molecule has 2 heterocycles. The number of amides is 1. The molecule has 28 heavy (non-hydrogen) atoms. The first kappa shape index (κ1) is 24.7. The Balaban J connectivity index is 0.00000392. The standard InChI is InChI=1S/C20H36N6O.HI/c1-4-21-20(24-15-18-22-11-14-26(18)16-17(2)3)23-10-8-13-25-12-7-5-6-9-19(25)27;/h11,14,17H,4-10,12-13,15-16H2,1-3H3,(H2,21,23,24);1H. The summed E-state index contributed by atoms with van der Waals surface area (Å²) in [6.07, 6.45) is 8.84. The van der Waals surface area contributed by atoms with Crippen molar-refractivity contribution >= 4 is 35.8 Å². The summed E-state index contributed by atoms with van der Waals surface area (Å²) in [5.74, 6) is 2.68. The highest BCUT2D eigenvalue weighted by Gasteiger charge is 2.15. The zero-order valence-electron chi connectivity index (χ0n) is 17.6. The van der Waals surface area contributed by atoms with Crippen LogP contribution in [0, 0.1) is 5.92 Å². The van der Waals surface area contributed by atoms with Gasteiger partial charge in [0.05, 0.1) is 0 Å². The molecule has 0 unspecified atom stereocenters. The smallest absolute Gasteiger partial charge is 0.222 e. The van der Waals surface area contributed by atoms with E-state index in [9.17, 15) is 4.79 Å². The summed E-state index contributed by atoms with van der Waals surface area (Å²) in [5, 5.41) is 6.66. The van der Waals surface area contributed by atoms with Gasteiger partial charge in [0.25, 0.3) is 0 Å².